The van der Waals surface area contributed by atoms with Crippen LogP contribution in [0.1, 0.15) is 26.7 Å². The first kappa shape index (κ1) is 18.0. The molecular formula is C12H24BrNO2. The Morgan fingerprint density at radius 3 is 2.25 bits per heavy atom. The first-order valence-electron chi connectivity index (χ1n) is 5.49. The molecule has 0 unspecified atom stereocenters. The van der Waals surface area contributed by atoms with Gasteiger partial charge in [-0.05, 0) is 27.4 Å². The predicted octanol–water partition coefficient (Wildman–Crippen LogP) is 2.85. The van der Waals surface area contributed by atoms with Gasteiger partial charge in [-0.2, -0.15) is 0 Å². The number of carbonyl (C=O) groups is 1. The number of esters is 1. The predicted molar refractivity (Wildman–Crippen MR) is 73.0 cm³/mol. The zero-order chi connectivity index (χ0) is 13.0. The average Bonchev–Trinajstić information content (AvgIpc) is 2.19. The summed E-state index contributed by atoms with van der Waals surface area (Å²) in [5, 5.41) is 1.16. The molecule has 96 valence electrons. The first-order chi connectivity index (χ1) is 7.45. The zero-order valence-electron chi connectivity index (χ0n) is 10.9. The number of carbonyl (C=O) groups excluding carboxylic acids is 1. The van der Waals surface area contributed by atoms with Crippen LogP contribution in [0.4, 0.5) is 0 Å². The number of alkyl halides is 1. The molecule has 0 aromatic carbocycles. The monoisotopic (exact) mass is 293 g/mol. The maximum atomic E-state index is 10.8. The fraction of sp³-hybridized carbons (Fsp3) is 0.750. The summed E-state index contributed by atoms with van der Waals surface area (Å²) < 4.78 is 4.83. The van der Waals surface area contributed by atoms with Crippen molar-refractivity contribution in [2.75, 3.05) is 32.6 Å². The standard InChI is InChI=1S/C8H15NO2.C4H9Br/c1-7(2)8(10)11-6-5-9(3)4;1-2-3-4-5/h1,5-6H2,2-4H3;2-4H2,1H3. The van der Waals surface area contributed by atoms with E-state index in [1.807, 2.05) is 19.0 Å². The highest BCUT2D eigenvalue weighted by Crippen LogP contribution is 1.91. The summed E-state index contributed by atoms with van der Waals surface area (Å²) >= 11 is 3.31. The molecule has 0 heterocycles. The van der Waals surface area contributed by atoms with Crippen molar-refractivity contribution in [3.63, 3.8) is 0 Å². The van der Waals surface area contributed by atoms with Crippen LogP contribution in [0.25, 0.3) is 0 Å². The van der Waals surface area contributed by atoms with E-state index >= 15 is 0 Å². The van der Waals surface area contributed by atoms with E-state index < -0.39 is 0 Å². The second-order valence-electron chi connectivity index (χ2n) is 3.76. The Morgan fingerprint density at radius 1 is 1.44 bits per heavy atom. The van der Waals surface area contributed by atoms with Crippen LogP contribution < -0.4 is 0 Å². The zero-order valence-corrected chi connectivity index (χ0v) is 12.5. The third kappa shape index (κ3) is 16.1. The van der Waals surface area contributed by atoms with Gasteiger partial charge in [-0.1, -0.05) is 35.9 Å². The van der Waals surface area contributed by atoms with E-state index in [4.69, 9.17) is 4.74 Å². The minimum Gasteiger partial charge on any atom is -0.461 e. The summed E-state index contributed by atoms with van der Waals surface area (Å²) in [5.74, 6) is -0.313. The Kier molecular flexibility index (Phi) is 14.3. The van der Waals surface area contributed by atoms with Crippen LogP contribution in [0.3, 0.4) is 0 Å². The third-order valence-corrected chi connectivity index (χ3v) is 2.17. The fourth-order valence-corrected chi connectivity index (χ4v) is 1.14. The van der Waals surface area contributed by atoms with Crippen LogP contribution in [-0.4, -0.2) is 43.4 Å². The number of nitrogens with zero attached hydrogens (tertiary/aromatic N) is 1. The molecule has 4 heteroatoms. The summed E-state index contributed by atoms with van der Waals surface area (Å²) in [6.45, 7) is 8.46. The van der Waals surface area contributed by atoms with Crippen LogP contribution in [0, 0.1) is 0 Å². The Bertz CT molecular complexity index is 191. The summed E-state index contributed by atoms with van der Waals surface area (Å²) in [6.07, 6.45) is 2.60. The highest BCUT2D eigenvalue weighted by atomic mass is 79.9. The van der Waals surface area contributed by atoms with Crippen molar-refractivity contribution in [1.82, 2.24) is 4.90 Å². The van der Waals surface area contributed by atoms with E-state index in [-0.39, 0.29) is 5.97 Å². The van der Waals surface area contributed by atoms with Gasteiger partial charge in [0.15, 0.2) is 0 Å². The van der Waals surface area contributed by atoms with Gasteiger partial charge >= 0.3 is 5.97 Å². The van der Waals surface area contributed by atoms with Gasteiger partial charge in [-0.15, -0.1) is 0 Å². The van der Waals surface area contributed by atoms with Crippen LogP contribution in [0.2, 0.25) is 0 Å². The van der Waals surface area contributed by atoms with E-state index in [2.05, 4.69) is 29.4 Å². The van der Waals surface area contributed by atoms with Gasteiger partial charge in [0, 0.05) is 17.4 Å². The number of unbranched alkanes of at least 4 members (excludes halogenated alkanes) is 1. The van der Waals surface area contributed by atoms with Gasteiger partial charge in [0.2, 0.25) is 0 Å². The van der Waals surface area contributed by atoms with Gasteiger partial charge in [-0.25, -0.2) is 4.79 Å². The van der Waals surface area contributed by atoms with Crippen molar-refractivity contribution in [2.45, 2.75) is 26.7 Å². The van der Waals surface area contributed by atoms with Crippen molar-refractivity contribution in [3.8, 4) is 0 Å². The Hall–Kier alpha value is -0.350. The van der Waals surface area contributed by atoms with Crippen LogP contribution in [-0.2, 0) is 9.53 Å². The molecule has 0 aromatic heterocycles. The molecule has 0 aliphatic rings. The average molecular weight is 294 g/mol. The van der Waals surface area contributed by atoms with Crippen LogP contribution in [0.15, 0.2) is 12.2 Å². The largest absolute Gasteiger partial charge is 0.461 e. The van der Waals surface area contributed by atoms with Crippen molar-refractivity contribution in [3.05, 3.63) is 12.2 Å². The molecule has 16 heavy (non-hydrogen) atoms. The highest BCUT2D eigenvalue weighted by Gasteiger charge is 2.01. The Labute approximate surface area is 108 Å². The molecule has 0 aliphatic heterocycles. The second-order valence-corrected chi connectivity index (χ2v) is 4.56. The molecule has 0 saturated carbocycles. The number of halogens is 1. The van der Waals surface area contributed by atoms with Crippen molar-refractivity contribution >= 4 is 21.9 Å². The molecule has 0 N–H and O–H groups in total. The molecule has 0 rings (SSSR count). The van der Waals surface area contributed by atoms with E-state index in [0.29, 0.717) is 12.2 Å². The lowest BCUT2D eigenvalue weighted by Gasteiger charge is -2.09. The quantitative estimate of drug-likeness (QED) is 0.428. The maximum Gasteiger partial charge on any atom is 0.333 e. The molecule has 0 spiro atoms. The number of likely N-dealkylation sites (N-methyl/N-ethyl adjacent to an activating group) is 1. The van der Waals surface area contributed by atoms with Gasteiger partial charge < -0.3 is 9.64 Å². The lowest BCUT2D eigenvalue weighted by atomic mass is 10.4. The minimum atomic E-state index is -0.313. The van der Waals surface area contributed by atoms with E-state index in [1.54, 1.807) is 6.92 Å². The van der Waals surface area contributed by atoms with E-state index in [9.17, 15) is 4.79 Å². The van der Waals surface area contributed by atoms with Crippen molar-refractivity contribution in [1.29, 1.82) is 0 Å². The second kappa shape index (κ2) is 12.7. The molecule has 0 aliphatic carbocycles. The number of hydrogen-bond donors (Lipinski definition) is 0. The molecule has 0 atom stereocenters. The number of hydrogen-bond acceptors (Lipinski definition) is 3. The summed E-state index contributed by atoms with van der Waals surface area (Å²) in [6, 6.07) is 0. The Morgan fingerprint density at radius 2 is 2.00 bits per heavy atom. The lowest BCUT2D eigenvalue weighted by Crippen LogP contribution is -2.20. The Balaban J connectivity index is 0. The molecule has 0 fully saturated rings. The summed E-state index contributed by atoms with van der Waals surface area (Å²) in [7, 11) is 3.85. The molecule has 3 nitrogen and oxygen atoms in total. The maximum absolute atomic E-state index is 10.8. The topological polar surface area (TPSA) is 29.5 Å². The molecule has 0 aromatic rings. The molecule has 0 saturated heterocycles. The number of ether oxygens (including phenoxy) is 1. The molecule has 0 amide bonds. The molecule has 0 bridgehead atoms. The van der Waals surface area contributed by atoms with E-state index in [0.717, 1.165) is 11.9 Å². The van der Waals surface area contributed by atoms with Crippen molar-refractivity contribution in [2.24, 2.45) is 0 Å². The highest BCUT2D eigenvalue weighted by molar-refractivity contribution is 9.09. The van der Waals surface area contributed by atoms with Crippen LogP contribution >= 0.6 is 15.9 Å². The van der Waals surface area contributed by atoms with Gasteiger partial charge in [0.1, 0.15) is 6.61 Å². The SMILES string of the molecule is C=C(C)C(=O)OCCN(C)C.CCCCBr. The molecule has 0 radical (unpaired) electrons. The fourth-order valence-electron chi connectivity index (χ4n) is 0.578. The third-order valence-electron chi connectivity index (χ3n) is 1.61. The van der Waals surface area contributed by atoms with Crippen LogP contribution in [0.5, 0.6) is 0 Å². The van der Waals surface area contributed by atoms with Gasteiger partial charge in [0.05, 0.1) is 0 Å². The number of rotatable bonds is 6. The van der Waals surface area contributed by atoms with E-state index in [1.165, 1.54) is 12.8 Å². The minimum absolute atomic E-state index is 0.313. The summed E-state index contributed by atoms with van der Waals surface area (Å²) in [5.41, 5.74) is 0.448. The van der Waals surface area contributed by atoms with Crippen molar-refractivity contribution < 1.29 is 9.53 Å². The van der Waals surface area contributed by atoms with Gasteiger partial charge in [-0.3, -0.25) is 0 Å². The normalized spacial score (nSPS) is 9.38. The molecular weight excluding hydrogens is 270 g/mol. The summed E-state index contributed by atoms with van der Waals surface area (Å²) in [4.78, 5) is 12.7. The van der Waals surface area contributed by atoms with Gasteiger partial charge in [0.25, 0.3) is 0 Å². The first-order valence-corrected chi connectivity index (χ1v) is 6.61. The smallest absolute Gasteiger partial charge is 0.333 e. The lowest BCUT2D eigenvalue weighted by molar-refractivity contribution is -0.139.